The van der Waals surface area contributed by atoms with Crippen LogP contribution in [0, 0.1) is 0 Å². The van der Waals surface area contributed by atoms with Gasteiger partial charge in [-0.15, -0.1) is 0 Å². The Morgan fingerprint density at radius 2 is 1.91 bits per heavy atom. The maximum absolute atomic E-state index is 12.2. The molecule has 7 nitrogen and oxygen atoms in total. The molecule has 0 aliphatic heterocycles. The first-order valence-electron chi connectivity index (χ1n) is 7.13. The molecule has 0 spiro atoms. The van der Waals surface area contributed by atoms with E-state index in [2.05, 4.69) is 5.32 Å². The van der Waals surface area contributed by atoms with Gasteiger partial charge in [-0.3, -0.25) is 4.79 Å². The van der Waals surface area contributed by atoms with Crippen molar-refractivity contribution in [2.45, 2.75) is 24.8 Å². The maximum Gasteiger partial charge on any atom is 0.340 e. The molecule has 0 radical (unpaired) electrons. The number of carbonyl (C=O) groups excluding carboxylic acids is 2. The standard InChI is InChI=1S/C15H21NO6S/c1-4-23(19,20)13-8-6-5-7-12(13)15(18)22-11(2)14(17)16-9-10-21-3/h5-8,11H,4,9-10H2,1-3H3,(H,16,17)/t11-/m0/s1. The molecule has 1 amide bonds. The third-order valence-electron chi connectivity index (χ3n) is 3.08. The highest BCUT2D eigenvalue weighted by atomic mass is 32.2. The third kappa shape index (κ3) is 5.33. The monoisotopic (exact) mass is 343 g/mol. The van der Waals surface area contributed by atoms with Gasteiger partial charge < -0.3 is 14.8 Å². The first kappa shape index (κ1) is 19.1. The lowest BCUT2D eigenvalue weighted by atomic mass is 10.2. The van der Waals surface area contributed by atoms with E-state index in [0.717, 1.165) is 0 Å². The highest BCUT2D eigenvalue weighted by Gasteiger charge is 2.24. The number of hydrogen-bond acceptors (Lipinski definition) is 6. The van der Waals surface area contributed by atoms with E-state index >= 15 is 0 Å². The van der Waals surface area contributed by atoms with Crippen molar-refractivity contribution >= 4 is 21.7 Å². The molecule has 0 fully saturated rings. The van der Waals surface area contributed by atoms with E-state index in [-0.39, 0.29) is 22.8 Å². The van der Waals surface area contributed by atoms with Gasteiger partial charge in [0.05, 0.1) is 22.8 Å². The zero-order valence-electron chi connectivity index (χ0n) is 13.4. The van der Waals surface area contributed by atoms with Gasteiger partial charge in [-0.1, -0.05) is 19.1 Å². The molecule has 23 heavy (non-hydrogen) atoms. The number of rotatable bonds is 8. The summed E-state index contributed by atoms with van der Waals surface area (Å²) in [4.78, 5) is 23.8. The predicted octanol–water partition coefficient (Wildman–Crippen LogP) is 0.788. The van der Waals surface area contributed by atoms with Gasteiger partial charge in [0.15, 0.2) is 15.9 Å². The number of benzene rings is 1. The minimum Gasteiger partial charge on any atom is -0.449 e. The first-order valence-corrected chi connectivity index (χ1v) is 8.78. The molecule has 0 bridgehead atoms. The third-order valence-corrected chi connectivity index (χ3v) is 4.87. The van der Waals surface area contributed by atoms with Crippen molar-refractivity contribution < 1.29 is 27.5 Å². The highest BCUT2D eigenvalue weighted by Crippen LogP contribution is 2.18. The molecule has 0 saturated heterocycles. The first-order chi connectivity index (χ1) is 10.8. The fourth-order valence-electron chi connectivity index (χ4n) is 1.76. The topological polar surface area (TPSA) is 98.8 Å². The van der Waals surface area contributed by atoms with E-state index in [1.807, 2.05) is 0 Å². The molecule has 1 N–H and O–H groups in total. The Morgan fingerprint density at radius 3 is 2.52 bits per heavy atom. The lowest BCUT2D eigenvalue weighted by Crippen LogP contribution is -2.37. The van der Waals surface area contributed by atoms with Gasteiger partial charge in [-0.2, -0.15) is 0 Å². The largest absolute Gasteiger partial charge is 0.449 e. The lowest BCUT2D eigenvalue weighted by molar-refractivity contribution is -0.129. The van der Waals surface area contributed by atoms with E-state index in [4.69, 9.17) is 9.47 Å². The average molecular weight is 343 g/mol. The molecule has 1 atom stereocenters. The smallest absolute Gasteiger partial charge is 0.340 e. The zero-order valence-corrected chi connectivity index (χ0v) is 14.2. The summed E-state index contributed by atoms with van der Waals surface area (Å²) in [5.41, 5.74) is -0.0779. The Balaban J connectivity index is 2.85. The van der Waals surface area contributed by atoms with E-state index < -0.39 is 27.8 Å². The molecular formula is C15H21NO6S. The number of ether oxygens (including phenoxy) is 2. The molecule has 0 saturated carbocycles. The van der Waals surface area contributed by atoms with Gasteiger partial charge in [0.25, 0.3) is 5.91 Å². The molecule has 0 aliphatic carbocycles. The van der Waals surface area contributed by atoms with Crippen LogP contribution in [0.2, 0.25) is 0 Å². The van der Waals surface area contributed by atoms with Crippen LogP contribution in [0.15, 0.2) is 29.2 Å². The second kappa shape index (κ2) is 8.64. The molecule has 1 aromatic rings. The average Bonchev–Trinajstić information content (AvgIpc) is 2.54. The van der Waals surface area contributed by atoms with Gasteiger partial charge in [-0.25, -0.2) is 13.2 Å². The molecule has 128 valence electrons. The lowest BCUT2D eigenvalue weighted by Gasteiger charge is -2.14. The van der Waals surface area contributed by atoms with Gasteiger partial charge in [0, 0.05) is 13.7 Å². The SMILES string of the molecule is CCS(=O)(=O)c1ccccc1C(=O)O[C@@H](C)C(=O)NCCOC. The predicted molar refractivity (Wildman–Crippen MR) is 83.9 cm³/mol. The zero-order chi connectivity index (χ0) is 17.5. The Kier molecular flexibility index (Phi) is 7.18. The minimum absolute atomic E-state index is 0.0779. The fraction of sp³-hybridized carbons (Fsp3) is 0.467. The van der Waals surface area contributed by atoms with Gasteiger partial charge in [0.2, 0.25) is 0 Å². The summed E-state index contributed by atoms with van der Waals surface area (Å²) < 4.78 is 33.9. The second-order valence-corrected chi connectivity index (χ2v) is 6.98. The van der Waals surface area contributed by atoms with Crippen LogP contribution in [0.4, 0.5) is 0 Å². The van der Waals surface area contributed by atoms with Crippen LogP contribution < -0.4 is 5.32 Å². The van der Waals surface area contributed by atoms with Crippen molar-refractivity contribution in [2.75, 3.05) is 26.0 Å². The number of hydrogen-bond donors (Lipinski definition) is 1. The number of sulfone groups is 1. The van der Waals surface area contributed by atoms with Crippen LogP contribution in [0.1, 0.15) is 24.2 Å². The van der Waals surface area contributed by atoms with Crippen LogP contribution in [-0.4, -0.2) is 52.4 Å². The fourth-order valence-corrected chi connectivity index (χ4v) is 2.84. The van der Waals surface area contributed by atoms with Crippen molar-refractivity contribution in [3.8, 4) is 0 Å². The van der Waals surface area contributed by atoms with Crippen molar-refractivity contribution in [1.82, 2.24) is 5.32 Å². The molecule has 0 aliphatic rings. The number of esters is 1. The molecule has 8 heteroatoms. The quantitative estimate of drug-likeness (QED) is 0.553. The van der Waals surface area contributed by atoms with Crippen LogP contribution in [0.5, 0.6) is 0 Å². The van der Waals surface area contributed by atoms with Gasteiger partial charge in [-0.05, 0) is 19.1 Å². The number of carbonyl (C=O) groups is 2. The van der Waals surface area contributed by atoms with Crippen molar-refractivity contribution in [1.29, 1.82) is 0 Å². The summed E-state index contributed by atoms with van der Waals surface area (Å²) in [7, 11) is -2.06. The van der Waals surface area contributed by atoms with Crippen LogP contribution >= 0.6 is 0 Å². The summed E-state index contributed by atoms with van der Waals surface area (Å²) in [5, 5.41) is 2.54. The number of amides is 1. The number of nitrogens with one attached hydrogen (secondary N) is 1. The molecule has 1 rings (SSSR count). The normalized spacial score (nSPS) is 12.5. The van der Waals surface area contributed by atoms with Gasteiger partial charge in [0.1, 0.15) is 0 Å². The Bertz CT molecular complexity index is 656. The summed E-state index contributed by atoms with van der Waals surface area (Å²) >= 11 is 0. The Morgan fingerprint density at radius 1 is 1.26 bits per heavy atom. The highest BCUT2D eigenvalue weighted by molar-refractivity contribution is 7.91. The van der Waals surface area contributed by atoms with E-state index in [1.165, 1.54) is 45.2 Å². The van der Waals surface area contributed by atoms with E-state index in [9.17, 15) is 18.0 Å². The van der Waals surface area contributed by atoms with Crippen LogP contribution in [-0.2, 0) is 24.1 Å². The van der Waals surface area contributed by atoms with E-state index in [1.54, 1.807) is 0 Å². The maximum atomic E-state index is 12.2. The molecule has 0 aromatic heterocycles. The van der Waals surface area contributed by atoms with E-state index in [0.29, 0.717) is 6.61 Å². The summed E-state index contributed by atoms with van der Waals surface area (Å²) in [6.07, 6.45) is -1.04. The van der Waals surface area contributed by atoms with Crippen LogP contribution in [0.3, 0.4) is 0 Å². The molecule has 0 unspecified atom stereocenters. The molecular weight excluding hydrogens is 322 g/mol. The Labute approximate surface area is 135 Å². The van der Waals surface area contributed by atoms with Crippen molar-refractivity contribution in [3.63, 3.8) is 0 Å². The van der Waals surface area contributed by atoms with Gasteiger partial charge >= 0.3 is 5.97 Å². The number of methoxy groups -OCH3 is 1. The second-order valence-electron chi connectivity index (χ2n) is 4.73. The minimum atomic E-state index is -3.57. The summed E-state index contributed by atoms with van der Waals surface area (Å²) in [6, 6.07) is 5.77. The van der Waals surface area contributed by atoms with Crippen molar-refractivity contribution in [2.24, 2.45) is 0 Å². The molecule has 0 heterocycles. The Hall–Kier alpha value is -1.93. The summed E-state index contributed by atoms with van der Waals surface area (Å²) in [6.45, 7) is 3.53. The van der Waals surface area contributed by atoms with Crippen molar-refractivity contribution in [3.05, 3.63) is 29.8 Å². The van der Waals surface area contributed by atoms with Crippen LogP contribution in [0.25, 0.3) is 0 Å². The molecule has 1 aromatic carbocycles. The summed E-state index contributed by atoms with van der Waals surface area (Å²) in [5.74, 6) is -1.47.